The van der Waals surface area contributed by atoms with Crippen molar-refractivity contribution >= 4 is 22.6 Å². The van der Waals surface area contributed by atoms with Gasteiger partial charge in [0.2, 0.25) is 5.91 Å². The smallest absolute Gasteiger partial charge is 0.238 e. The lowest BCUT2D eigenvalue weighted by molar-refractivity contribution is -0.126. The Kier molecular flexibility index (Phi) is 5.51. The summed E-state index contributed by atoms with van der Waals surface area (Å²) in [6.45, 7) is 7.58. The lowest BCUT2D eigenvalue weighted by Crippen LogP contribution is -2.44. The van der Waals surface area contributed by atoms with Crippen LogP contribution in [0.2, 0.25) is 0 Å². The minimum Gasteiger partial charge on any atom is -0.381 e. The van der Waals surface area contributed by atoms with Crippen LogP contribution in [0, 0.1) is 5.92 Å². The predicted molar refractivity (Wildman–Crippen MR) is 126 cm³/mol. The van der Waals surface area contributed by atoms with Gasteiger partial charge in [0.15, 0.2) is 0 Å². The zero-order chi connectivity index (χ0) is 22.3. The van der Waals surface area contributed by atoms with E-state index in [0.29, 0.717) is 32.2 Å². The highest BCUT2D eigenvalue weighted by Gasteiger charge is 2.51. The largest absolute Gasteiger partial charge is 0.381 e. The average molecular weight is 433 g/mol. The Morgan fingerprint density at radius 2 is 1.94 bits per heavy atom. The first kappa shape index (κ1) is 21.2. The van der Waals surface area contributed by atoms with Gasteiger partial charge in [-0.3, -0.25) is 4.79 Å². The van der Waals surface area contributed by atoms with Crippen LogP contribution in [0.15, 0.2) is 42.5 Å². The molecule has 168 valence electrons. The molecule has 2 N–H and O–H groups in total. The first-order valence-electron chi connectivity index (χ1n) is 11.7. The number of aryl methyl sites for hydroxylation is 1. The number of para-hydroxylation sites is 1. The van der Waals surface area contributed by atoms with Gasteiger partial charge < -0.3 is 19.9 Å². The number of aromatic nitrogens is 2. The van der Waals surface area contributed by atoms with Crippen LogP contribution in [-0.4, -0.2) is 28.7 Å². The summed E-state index contributed by atoms with van der Waals surface area (Å²) in [5.41, 5.74) is 10.7. The third-order valence-electron chi connectivity index (χ3n) is 7.07. The van der Waals surface area contributed by atoms with E-state index >= 15 is 0 Å². The number of ether oxygens (including phenoxy) is 1. The topological polar surface area (TPSA) is 73.4 Å². The summed E-state index contributed by atoms with van der Waals surface area (Å²) < 4.78 is 7.90. The van der Waals surface area contributed by atoms with Gasteiger partial charge in [-0.25, -0.2) is 4.98 Å². The summed E-state index contributed by atoms with van der Waals surface area (Å²) in [6, 6.07) is 14.5. The van der Waals surface area contributed by atoms with Crippen molar-refractivity contribution in [1.29, 1.82) is 0 Å². The van der Waals surface area contributed by atoms with Crippen LogP contribution in [0.5, 0.6) is 0 Å². The second-order valence-electron chi connectivity index (χ2n) is 9.49. The first-order chi connectivity index (χ1) is 15.5. The molecule has 0 atom stereocenters. The molecule has 1 spiro atoms. The summed E-state index contributed by atoms with van der Waals surface area (Å²) in [4.78, 5) is 20.8. The molecule has 0 bridgehead atoms. The van der Waals surface area contributed by atoms with Gasteiger partial charge in [0.05, 0.1) is 23.0 Å². The van der Waals surface area contributed by atoms with Crippen molar-refractivity contribution < 1.29 is 9.53 Å². The van der Waals surface area contributed by atoms with E-state index in [2.05, 4.69) is 48.7 Å². The standard InChI is InChI=1S/C26H32N4O2/c1-18(2)9-12-29-23-8-7-19(16-27)15-21(23)28-24(29)17-30-22-6-4-3-5-20(22)26(25(30)31)10-13-32-14-11-26/h3-8,15,18H,9-14,16-17,27H2,1-2H3. The normalized spacial score (nSPS) is 17.6. The Morgan fingerprint density at radius 3 is 2.69 bits per heavy atom. The first-order valence-corrected chi connectivity index (χ1v) is 11.7. The van der Waals surface area contributed by atoms with Gasteiger partial charge in [-0.05, 0) is 54.5 Å². The fourth-order valence-electron chi connectivity index (χ4n) is 5.21. The van der Waals surface area contributed by atoms with Gasteiger partial charge in [-0.15, -0.1) is 0 Å². The zero-order valence-corrected chi connectivity index (χ0v) is 19.0. The molecule has 3 heterocycles. The number of carbonyl (C=O) groups excluding carboxylic acids is 1. The van der Waals surface area contributed by atoms with E-state index in [9.17, 15) is 4.79 Å². The molecule has 0 unspecified atom stereocenters. The van der Waals surface area contributed by atoms with E-state index in [1.165, 1.54) is 0 Å². The maximum Gasteiger partial charge on any atom is 0.238 e. The summed E-state index contributed by atoms with van der Waals surface area (Å²) in [5, 5.41) is 0. The van der Waals surface area contributed by atoms with Crippen molar-refractivity contribution in [3.8, 4) is 0 Å². The number of amides is 1. The van der Waals surface area contributed by atoms with E-state index in [1.807, 2.05) is 17.0 Å². The van der Waals surface area contributed by atoms with Crippen molar-refractivity contribution in [3.63, 3.8) is 0 Å². The molecule has 6 nitrogen and oxygen atoms in total. The number of anilines is 1. The van der Waals surface area contributed by atoms with Crippen LogP contribution in [0.25, 0.3) is 11.0 Å². The number of fused-ring (bicyclic) bond motifs is 3. The lowest BCUT2D eigenvalue weighted by Gasteiger charge is -2.32. The van der Waals surface area contributed by atoms with E-state index in [-0.39, 0.29) is 5.91 Å². The molecular formula is C26H32N4O2. The van der Waals surface area contributed by atoms with Crippen molar-refractivity contribution in [2.45, 2.75) is 58.2 Å². The van der Waals surface area contributed by atoms with Crippen LogP contribution in [0.3, 0.4) is 0 Å². The number of hydrogen-bond donors (Lipinski definition) is 1. The molecule has 32 heavy (non-hydrogen) atoms. The summed E-state index contributed by atoms with van der Waals surface area (Å²) in [7, 11) is 0. The number of rotatable bonds is 6. The number of imidazole rings is 1. The Balaban J connectivity index is 1.56. The predicted octanol–water partition coefficient (Wildman–Crippen LogP) is 4.14. The van der Waals surface area contributed by atoms with E-state index in [0.717, 1.165) is 59.5 Å². The highest BCUT2D eigenvalue weighted by molar-refractivity contribution is 6.08. The van der Waals surface area contributed by atoms with Gasteiger partial charge in [-0.1, -0.05) is 38.1 Å². The maximum absolute atomic E-state index is 13.9. The third kappa shape index (κ3) is 3.42. The lowest BCUT2D eigenvalue weighted by atomic mass is 9.75. The van der Waals surface area contributed by atoms with Crippen LogP contribution < -0.4 is 10.6 Å². The number of hydrogen-bond acceptors (Lipinski definition) is 4. The molecule has 1 amide bonds. The average Bonchev–Trinajstić information content (AvgIpc) is 3.26. The fraction of sp³-hybridized carbons (Fsp3) is 0.462. The second-order valence-corrected chi connectivity index (χ2v) is 9.49. The Hall–Kier alpha value is -2.70. The molecule has 1 aromatic heterocycles. The van der Waals surface area contributed by atoms with Crippen LogP contribution in [-0.2, 0) is 34.6 Å². The van der Waals surface area contributed by atoms with Gasteiger partial charge in [0.25, 0.3) is 0 Å². The molecule has 0 radical (unpaired) electrons. The van der Waals surface area contributed by atoms with Gasteiger partial charge >= 0.3 is 0 Å². The fourth-order valence-corrected chi connectivity index (χ4v) is 5.21. The number of benzene rings is 2. The number of carbonyl (C=O) groups is 1. The quantitative estimate of drug-likeness (QED) is 0.635. The molecule has 5 rings (SSSR count). The number of nitrogens with two attached hydrogens (primary N) is 1. The molecule has 1 saturated heterocycles. The van der Waals surface area contributed by atoms with E-state index < -0.39 is 5.41 Å². The summed E-state index contributed by atoms with van der Waals surface area (Å²) in [6.07, 6.45) is 2.54. The van der Waals surface area contributed by atoms with Crippen molar-refractivity contribution in [3.05, 3.63) is 59.4 Å². The minimum absolute atomic E-state index is 0.187. The van der Waals surface area contributed by atoms with Gasteiger partial charge in [0.1, 0.15) is 5.82 Å². The van der Waals surface area contributed by atoms with Crippen LogP contribution in [0.1, 0.15) is 50.1 Å². The third-order valence-corrected chi connectivity index (χ3v) is 7.07. The molecule has 2 aliphatic rings. The molecular weight excluding hydrogens is 400 g/mol. The van der Waals surface area contributed by atoms with Gasteiger partial charge in [0, 0.05) is 32.0 Å². The van der Waals surface area contributed by atoms with Crippen LogP contribution in [0.4, 0.5) is 5.69 Å². The molecule has 2 aliphatic heterocycles. The molecule has 0 saturated carbocycles. The Morgan fingerprint density at radius 1 is 1.16 bits per heavy atom. The molecule has 6 heteroatoms. The van der Waals surface area contributed by atoms with E-state index in [4.69, 9.17) is 15.5 Å². The molecule has 0 aliphatic carbocycles. The number of nitrogens with zero attached hydrogens (tertiary/aromatic N) is 3. The van der Waals surface area contributed by atoms with Crippen molar-refractivity contribution in [2.24, 2.45) is 11.7 Å². The molecule has 3 aromatic rings. The summed E-state index contributed by atoms with van der Waals surface area (Å²) in [5.74, 6) is 1.71. The molecule has 1 fully saturated rings. The van der Waals surface area contributed by atoms with E-state index in [1.54, 1.807) is 0 Å². The SMILES string of the molecule is CC(C)CCn1c(CN2C(=O)C3(CCOCC3)c3ccccc32)nc2cc(CN)ccc21. The second kappa shape index (κ2) is 8.34. The highest BCUT2D eigenvalue weighted by Crippen LogP contribution is 2.48. The zero-order valence-electron chi connectivity index (χ0n) is 19.0. The minimum atomic E-state index is -0.462. The Labute approximate surface area is 189 Å². The molecule has 2 aromatic carbocycles. The monoisotopic (exact) mass is 432 g/mol. The van der Waals surface area contributed by atoms with Gasteiger partial charge in [-0.2, -0.15) is 0 Å². The van der Waals surface area contributed by atoms with Crippen molar-refractivity contribution in [2.75, 3.05) is 18.1 Å². The van der Waals surface area contributed by atoms with Crippen molar-refractivity contribution in [1.82, 2.24) is 9.55 Å². The Bertz CT molecular complexity index is 1140. The van der Waals surface area contributed by atoms with Crippen LogP contribution >= 0.6 is 0 Å². The summed E-state index contributed by atoms with van der Waals surface area (Å²) >= 11 is 0. The maximum atomic E-state index is 13.9. The highest BCUT2D eigenvalue weighted by atomic mass is 16.5.